The second-order valence-corrected chi connectivity index (χ2v) is 8.28. The highest BCUT2D eigenvalue weighted by atomic mass is 79.9. The number of hydrogen-bond acceptors (Lipinski definition) is 4. The zero-order valence-electron chi connectivity index (χ0n) is 14.5. The van der Waals surface area contributed by atoms with Gasteiger partial charge in [0.15, 0.2) is 0 Å². The molecular weight excluding hydrogens is 448 g/mol. The summed E-state index contributed by atoms with van der Waals surface area (Å²) in [5.74, 6) is 0.793. The van der Waals surface area contributed by atoms with Crippen molar-refractivity contribution in [2.45, 2.75) is 18.1 Å². The van der Waals surface area contributed by atoms with Crippen LogP contribution in [0.25, 0.3) is 0 Å². The summed E-state index contributed by atoms with van der Waals surface area (Å²) >= 11 is 11.1. The number of nitrogens with one attached hydrogen (secondary N) is 1. The predicted octanol–water partition coefficient (Wildman–Crippen LogP) is 5.38. The molecule has 1 aliphatic rings. The number of carbonyl (C=O) groups excluding carboxylic acids is 1. The molecule has 1 amide bonds. The minimum atomic E-state index is -0.320. The van der Waals surface area contributed by atoms with E-state index in [1.54, 1.807) is 19.2 Å². The standard InChI is InChI=1S/C20H16BrClN2O2S/c1-26-18-7-4-13(8-17(18)22)15-9-19(25)24-20(16(15)10-23)27-11-12-2-5-14(21)6-3-12/h2-8,15H,9,11H2,1H3,(H,24,25)/t15-/m1/s1. The maximum absolute atomic E-state index is 12.3. The number of allylic oxidation sites excluding steroid dienone is 1. The fourth-order valence-electron chi connectivity index (χ4n) is 2.85. The van der Waals surface area contributed by atoms with Crippen LogP contribution in [0.1, 0.15) is 23.5 Å². The summed E-state index contributed by atoms with van der Waals surface area (Å²) in [6, 6.07) is 15.6. The first-order valence-corrected chi connectivity index (χ1v) is 10.3. The predicted molar refractivity (Wildman–Crippen MR) is 112 cm³/mol. The maximum atomic E-state index is 12.3. The van der Waals surface area contributed by atoms with Gasteiger partial charge in [-0.05, 0) is 35.4 Å². The molecule has 0 bridgehead atoms. The summed E-state index contributed by atoms with van der Waals surface area (Å²) < 4.78 is 6.19. The van der Waals surface area contributed by atoms with Crippen LogP contribution in [0.5, 0.6) is 5.75 Å². The highest BCUT2D eigenvalue weighted by Gasteiger charge is 2.30. The van der Waals surface area contributed by atoms with Crippen LogP contribution in [0.2, 0.25) is 5.02 Å². The van der Waals surface area contributed by atoms with Crippen molar-refractivity contribution in [3.05, 3.63) is 73.7 Å². The minimum Gasteiger partial charge on any atom is -0.495 e. The molecule has 2 aromatic carbocycles. The van der Waals surface area contributed by atoms with Crippen LogP contribution in [0.3, 0.4) is 0 Å². The van der Waals surface area contributed by atoms with Gasteiger partial charge in [0.1, 0.15) is 5.75 Å². The highest BCUT2D eigenvalue weighted by molar-refractivity contribution is 9.10. The van der Waals surface area contributed by atoms with Crippen LogP contribution in [0.4, 0.5) is 0 Å². The lowest BCUT2D eigenvalue weighted by Gasteiger charge is -2.25. The Kier molecular flexibility index (Phi) is 6.48. The summed E-state index contributed by atoms with van der Waals surface area (Å²) in [6.07, 6.45) is 0.216. The highest BCUT2D eigenvalue weighted by Crippen LogP contribution is 2.39. The van der Waals surface area contributed by atoms with Crippen LogP contribution in [0.15, 0.2) is 57.5 Å². The van der Waals surface area contributed by atoms with E-state index >= 15 is 0 Å². The number of halogens is 2. The van der Waals surface area contributed by atoms with Gasteiger partial charge in [-0.2, -0.15) is 5.26 Å². The fraction of sp³-hybridized carbons (Fsp3) is 0.200. The molecular formula is C20H16BrClN2O2S. The zero-order chi connectivity index (χ0) is 19.4. The number of amides is 1. The summed E-state index contributed by atoms with van der Waals surface area (Å²) in [5, 5.41) is 13.7. The third kappa shape index (κ3) is 4.67. The number of nitriles is 1. The van der Waals surface area contributed by atoms with Gasteiger partial charge in [-0.3, -0.25) is 4.79 Å². The molecule has 1 atom stereocenters. The van der Waals surface area contributed by atoms with E-state index in [2.05, 4.69) is 27.3 Å². The Balaban J connectivity index is 1.89. The fourth-order valence-corrected chi connectivity index (χ4v) is 4.42. The molecule has 1 N–H and O–H groups in total. The zero-order valence-corrected chi connectivity index (χ0v) is 17.6. The first-order valence-electron chi connectivity index (χ1n) is 8.16. The molecule has 3 rings (SSSR count). The smallest absolute Gasteiger partial charge is 0.225 e. The summed E-state index contributed by atoms with van der Waals surface area (Å²) in [7, 11) is 1.55. The van der Waals surface area contributed by atoms with Crippen molar-refractivity contribution >= 4 is 45.2 Å². The van der Waals surface area contributed by atoms with Gasteiger partial charge < -0.3 is 10.1 Å². The van der Waals surface area contributed by atoms with Gasteiger partial charge in [-0.25, -0.2) is 0 Å². The molecule has 0 unspecified atom stereocenters. The summed E-state index contributed by atoms with van der Waals surface area (Å²) in [6.45, 7) is 0. The molecule has 0 aliphatic carbocycles. The second kappa shape index (κ2) is 8.83. The lowest BCUT2D eigenvalue weighted by molar-refractivity contribution is -0.120. The van der Waals surface area contributed by atoms with Gasteiger partial charge in [-0.1, -0.05) is 45.7 Å². The van der Waals surface area contributed by atoms with Crippen LogP contribution in [0, 0.1) is 11.3 Å². The minimum absolute atomic E-state index is 0.107. The van der Waals surface area contributed by atoms with Crippen molar-refractivity contribution in [3.8, 4) is 11.8 Å². The van der Waals surface area contributed by atoms with Gasteiger partial charge in [0, 0.05) is 22.6 Å². The number of methoxy groups -OCH3 is 1. The van der Waals surface area contributed by atoms with Gasteiger partial charge in [-0.15, -0.1) is 11.8 Å². The normalized spacial score (nSPS) is 16.7. The van der Waals surface area contributed by atoms with E-state index in [0.29, 0.717) is 27.1 Å². The number of hydrogen-bond donors (Lipinski definition) is 1. The second-order valence-electron chi connectivity index (χ2n) is 5.97. The van der Waals surface area contributed by atoms with Crippen LogP contribution >= 0.6 is 39.3 Å². The average Bonchev–Trinajstić information content (AvgIpc) is 2.67. The number of ether oxygens (including phenoxy) is 1. The number of nitrogens with zero attached hydrogens (tertiary/aromatic N) is 1. The molecule has 0 saturated carbocycles. The molecule has 4 nitrogen and oxygen atoms in total. The molecule has 0 fully saturated rings. The lowest BCUT2D eigenvalue weighted by atomic mass is 9.87. The van der Waals surface area contributed by atoms with E-state index in [1.165, 1.54) is 11.8 Å². The van der Waals surface area contributed by atoms with Crippen LogP contribution in [-0.2, 0) is 10.5 Å². The average molecular weight is 464 g/mol. The largest absolute Gasteiger partial charge is 0.495 e. The van der Waals surface area contributed by atoms with Gasteiger partial charge >= 0.3 is 0 Å². The van der Waals surface area contributed by atoms with E-state index in [-0.39, 0.29) is 18.2 Å². The molecule has 7 heteroatoms. The van der Waals surface area contributed by atoms with Crippen LogP contribution in [-0.4, -0.2) is 13.0 Å². The first kappa shape index (κ1) is 19.8. The van der Waals surface area contributed by atoms with Crippen molar-refractivity contribution in [3.63, 3.8) is 0 Å². The SMILES string of the molecule is COc1ccc([C@H]2CC(=O)NC(SCc3ccc(Br)cc3)=C2C#N)cc1Cl. The number of carbonyl (C=O) groups is 1. The Morgan fingerprint density at radius 2 is 2.07 bits per heavy atom. The molecule has 138 valence electrons. The number of thioether (sulfide) groups is 1. The number of benzene rings is 2. The van der Waals surface area contributed by atoms with Crippen molar-refractivity contribution in [1.29, 1.82) is 5.26 Å². The molecule has 0 aromatic heterocycles. The monoisotopic (exact) mass is 462 g/mol. The first-order chi connectivity index (χ1) is 13.0. The molecule has 0 radical (unpaired) electrons. The van der Waals surface area contributed by atoms with Gasteiger partial charge in [0.25, 0.3) is 0 Å². The Morgan fingerprint density at radius 3 is 2.70 bits per heavy atom. The molecule has 2 aromatic rings. The lowest BCUT2D eigenvalue weighted by Crippen LogP contribution is -2.30. The summed E-state index contributed by atoms with van der Waals surface area (Å²) in [5.41, 5.74) is 2.49. The van der Waals surface area contributed by atoms with Crippen molar-refractivity contribution < 1.29 is 9.53 Å². The van der Waals surface area contributed by atoms with Crippen LogP contribution < -0.4 is 10.1 Å². The number of rotatable bonds is 5. The Bertz CT molecular complexity index is 938. The third-order valence-electron chi connectivity index (χ3n) is 4.23. The van der Waals surface area contributed by atoms with E-state index < -0.39 is 0 Å². The molecule has 27 heavy (non-hydrogen) atoms. The van der Waals surface area contributed by atoms with Gasteiger partial charge in [0.05, 0.1) is 28.8 Å². The van der Waals surface area contributed by atoms with Crippen molar-refractivity contribution in [1.82, 2.24) is 5.32 Å². The van der Waals surface area contributed by atoms with Crippen molar-refractivity contribution in [2.75, 3.05) is 7.11 Å². The molecule has 0 spiro atoms. The van der Waals surface area contributed by atoms with E-state index in [1.807, 2.05) is 30.3 Å². The quantitative estimate of drug-likeness (QED) is 0.646. The molecule has 0 saturated heterocycles. The van der Waals surface area contributed by atoms with Crippen molar-refractivity contribution in [2.24, 2.45) is 0 Å². The third-order valence-corrected chi connectivity index (χ3v) is 6.14. The topological polar surface area (TPSA) is 62.1 Å². The van der Waals surface area contributed by atoms with E-state index in [9.17, 15) is 10.1 Å². The van der Waals surface area contributed by atoms with Gasteiger partial charge in [0.2, 0.25) is 5.91 Å². The Hall–Kier alpha value is -1.94. The Morgan fingerprint density at radius 1 is 1.33 bits per heavy atom. The maximum Gasteiger partial charge on any atom is 0.225 e. The molecule has 1 aliphatic heterocycles. The van der Waals surface area contributed by atoms with E-state index in [0.717, 1.165) is 15.6 Å². The van der Waals surface area contributed by atoms with E-state index in [4.69, 9.17) is 16.3 Å². The molecule has 1 heterocycles. The Labute approximate surface area is 175 Å². The summed E-state index contributed by atoms with van der Waals surface area (Å²) in [4.78, 5) is 12.3.